The van der Waals surface area contributed by atoms with Crippen LogP contribution >= 0.6 is 11.3 Å². The van der Waals surface area contributed by atoms with Gasteiger partial charge in [0.2, 0.25) is 5.91 Å². The number of aliphatic hydroxyl groups is 1. The number of nitrogens with two attached hydrogens (primary N) is 1. The lowest BCUT2D eigenvalue weighted by molar-refractivity contribution is -0.136. The first-order valence-corrected chi connectivity index (χ1v) is 10.5. The minimum atomic E-state index is -0.856. The number of benzene rings is 1. The normalized spacial score (nSPS) is 17.6. The van der Waals surface area contributed by atoms with Crippen molar-refractivity contribution < 1.29 is 19.8 Å². The van der Waals surface area contributed by atoms with Crippen molar-refractivity contribution in [3.8, 4) is 0 Å². The molecule has 1 saturated heterocycles. The third kappa shape index (κ3) is 5.62. The Morgan fingerprint density at radius 1 is 1.24 bits per heavy atom. The second kappa shape index (κ2) is 9.96. The number of thiazole rings is 1. The van der Waals surface area contributed by atoms with Crippen LogP contribution in [0.2, 0.25) is 0 Å². The number of amides is 1. The number of carboxylic acid groups (broad SMARTS) is 1. The maximum atomic E-state index is 12.5. The highest BCUT2D eigenvalue weighted by Crippen LogP contribution is 2.42. The van der Waals surface area contributed by atoms with Crippen molar-refractivity contribution in [2.75, 3.05) is 13.1 Å². The summed E-state index contributed by atoms with van der Waals surface area (Å²) in [5.74, 6) is -1.01. The van der Waals surface area contributed by atoms with Crippen molar-refractivity contribution in [1.29, 1.82) is 0 Å². The fourth-order valence-corrected chi connectivity index (χ4v) is 4.27. The summed E-state index contributed by atoms with van der Waals surface area (Å²) in [4.78, 5) is 28.0. The number of carboxylic acids is 1. The first-order chi connectivity index (χ1) is 13.7. The lowest BCUT2D eigenvalue weighted by Gasteiger charge is -2.42. The van der Waals surface area contributed by atoms with Crippen LogP contribution < -0.4 is 5.73 Å². The number of aliphatic hydroxyl groups excluding tert-OH is 1. The van der Waals surface area contributed by atoms with Gasteiger partial charge in [0.15, 0.2) is 0 Å². The highest BCUT2D eigenvalue weighted by molar-refractivity contribution is 7.09. The molecule has 0 aliphatic carbocycles. The Bertz CT molecular complexity index is 810. The van der Waals surface area contributed by atoms with E-state index in [4.69, 9.17) is 20.6 Å². The van der Waals surface area contributed by atoms with Crippen LogP contribution in [0.25, 0.3) is 0 Å². The molecule has 1 aromatic heterocycles. The van der Waals surface area contributed by atoms with E-state index >= 15 is 0 Å². The van der Waals surface area contributed by atoms with Crippen molar-refractivity contribution in [3.05, 3.63) is 52.0 Å². The Morgan fingerprint density at radius 3 is 2.24 bits per heavy atom. The molecule has 0 radical (unpaired) electrons. The molecule has 0 saturated carbocycles. The van der Waals surface area contributed by atoms with Gasteiger partial charge in [0, 0.05) is 30.8 Å². The van der Waals surface area contributed by atoms with Gasteiger partial charge in [-0.3, -0.25) is 9.59 Å². The van der Waals surface area contributed by atoms with E-state index in [0.29, 0.717) is 13.1 Å². The zero-order valence-corrected chi connectivity index (χ0v) is 17.9. The molecule has 3 rings (SSSR count). The summed E-state index contributed by atoms with van der Waals surface area (Å²) in [5.41, 5.74) is 8.00. The van der Waals surface area contributed by atoms with Gasteiger partial charge in [0.05, 0.1) is 16.8 Å². The highest BCUT2D eigenvalue weighted by Gasteiger charge is 2.41. The topological polar surface area (TPSA) is 117 Å². The molecular weight excluding hydrogens is 390 g/mol. The quantitative estimate of drug-likeness (QED) is 0.699. The van der Waals surface area contributed by atoms with E-state index in [2.05, 4.69) is 29.6 Å². The van der Waals surface area contributed by atoms with Gasteiger partial charge < -0.3 is 20.8 Å². The van der Waals surface area contributed by atoms with E-state index in [9.17, 15) is 9.90 Å². The van der Waals surface area contributed by atoms with E-state index < -0.39 is 18.1 Å². The average Bonchev–Trinajstić information content (AvgIpc) is 3.14. The minimum absolute atomic E-state index is 0.169. The number of hydrogen-bond acceptors (Lipinski definition) is 6. The molecular formula is C21H29N3O4S. The third-order valence-corrected chi connectivity index (χ3v) is 5.94. The highest BCUT2D eigenvalue weighted by atomic mass is 32.1. The van der Waals surface area contributed by atoms with Crippen LogP contribution in [-0.2, 0) is 15.0 Å². The summed E-state index contributed by atoms with van der Waals surface area (Å²) in [6.07, 6.45) is 0.770. The zero-order valence-electron chi connectivity index (χ0n) is 17.0. The standard InChI is InChI=1S/C19H25N3O2S.C2H4O2/c1-13(23)17(20)18(24)22-10-8-19(9-11-22,15-6-4-3-5-7-15)16-12-25-14(2)21-16;1-2(3)4/h3-7,12-13,17,23H,8-11,20H2,1-2H3;1H3,(H,3,4)/t13-,17+;/m1./s1. The molecule has 2 heterocycles. The molecule has 0 spiro atoms. The van der Waals surface area contributed by atoms with Crippen molar-refractivity contribution in [1.82, 2.24) is 9.88 Å². The van der Waals surface area contributed by atoms with Gasteiger partial charge in [-0.15, -0.1) is 11.3 Å². The molecule has 1 aliphatic rings. The monoisotopic (exact) mass is 419 g/mol. The summed E-state index contributed by atoms with van der Waals surface area (Å²) in [5, 5.41) is 20.2. The molecule has 4 N–H and O–H groups in total. The third-order valence-electron chi connectivity index (χ3n) is 5.17. The number of aromatic nitrogens is 1. The molecule has 158 valence electrons. The van der Waals surface area contributed by atoms with Gasteiger partial charge in [-0.2, -0.15) is 0 Å². The number of nitrogens with zero attached hydrogens (tertiary/aromatic N) is 2. The number of hydrogen-bond donors (Lipinski definition) is 3. The van der Waals surface area contributed by atoms with Crippen LogP contribution in [0, 0.1) is 6.92 Å². The van der Waals surface area contributed by atoms with Crippen LogP contribution in [0.3, 0.4) is 0 Å². The molecule has 1 fully saturated rings. The van der Waals surface area contributed by atoms with Crippen molar-refractivity contribution in [2.45, 2.75) is 51.2 Å². The number of rotatable bonds is 4. The second-order valence-corrected chi connectivity index (χ2v) is 8.37. The fourth-order valence-electron chi connectivity index (χ4n) is 3.56. The Morgan fingerprint density at radius 2 is 1.79 bits per heavy atom. The largest absolute Gasteiger partial charge is 0.481 e. The van der Waals surface area contributed by atoms with Crippen LogP contribution in [0.15, 0.2) is 35.7 Å². The molecule has 7 nitrogen and oxygen atoms in total. The van der Waals surface area contributed by atoms with E-state index in [1.54, 1.807) is 23.2 Å². The average molecular weight is 420 g/mol. The smallest absolute Gasteiger partial charge is 0.300 e. The van der Waals surface area contributed by atoms with E-state index in [1.807, 2.05) is 13.0 Å². The van der Waals surface area contributed by atoms with E-state index in [1.165, 1.54) is 5.56 Å². The number of carbonyl (C=O) groups is 2. The molecule has 0 bridgehead atoms. The lowest BCUT2D eigenvalue weighted by atomic mass is 9.70. The predicted molar refractivity (Wildman–Crippen MR) is 113 cm³/mol. The number of aryl methyl sites for hydroxylation is 1. The Kier molecular flexibility index (Phi) is 7.89. The van der Waals surface area contributed by atoms with Crippen molar-refractivity contribution in [3.63, 3.8) is 0 Å². The van der Waals surface area contributed by atoms with Crippen LogP contribution in [-0.4, -0.2) is 57.2 Å². The summed E-state index contributed by atoms with van der Waals surface area (Å²) in [6, 6.07) is 9.56. The van der Waals surface area contributed by atoms with Crippen LogP contribution in [0.1, 0.15) is 43.0 Å². The van der Waals surface area contributed by atoms with Gasteiger partial charge in [-0.05, 0) is 32.3 Å². The Hall–Kier alpha value is -2.29. The maximum absolute atomic E-state index is 12.5. The molecule has 2 atom stereocenters. The first kappa shape index (κ1) is 23.0. The van der Waals surface area contributed by atoms with Gasteiger partial charge in [-0.1, -0.05) is 30.3 Å². The van der Waals surface area contributed by atoms with Crippen molar-refractivity contribution in [2.24, 2.45) is 5.73 Å². The van der Waals surface area contributed by atoms with Crippen LogP contribution in [0.5, 0.6) is 0 Å². The minimum Gasteiger partial charge on any atom is -0.481 e. The number of aliphatic carboxylic acids is 1. The summed E-state index contributed by atoms with van der Waals surface area (Å²) in [6.45, 7) is 5.89. The second-order valence-electron chi connectivity index (χ2n) is 7.31. The van der Waals surface area contributed by atoms with Gasteiger partial charge in [-0.25, -0.2) is 4.98 Å². The predicted octanol–water partition coefficient (Wildman–Crippen LogP) is 2.16. The van der Waals surface area contributed by atoms with Crippen molar-refractivity contribution >= 4 is 23.2 Å². The van der Waals surface area contributed by atoms with Gasteiger partial charge in [0.25, 0.3) is 5.97 Å². The lowest BCUT2D eigenvalue weighted by Crippen LogP contribution is -2.53. The molecule has 1 aliphatic heterocycles. The van der Waals surface area contributed by atoms with E-state index in [-0.39, 0.29) is 11.3 Å². The van der Waals surface area contributed by atoms with Gasteiger partial charge >= 0.3 is 0 Å². The molecule has 1 amide bonds. The summed E-state index contributed by atoms with van der Waals surface area (Å²) >= 11 is 1.66. The SMILES string of the molecule is CC(=O)O.Cc1nc(C2(c3ccccc3)CCN(C(=O)[C@@H](N)[C@@H](C)O)CC2)cs1. The number of carbonyl (C=O) groups excluding carboxylic acids is 1. The Balaban J connectivity index is 0.000000687. The summed E-state index contributed by atoms with van der Waals surface area (Å²) in [7, 11) is 0. The molecule has 2 aromatic rings. The first-order valence-electron chi connectivity index (χ1n) is 9.57. The fraction of sp³-hybridized carbons (Fsp3) is 0.476. The van der Waals surface area contributed by atoms with Gasteiger partial charge in [0.1, 0.15) is 6.04 Å². The molecule has 29 heavy (non-hydrogen) atoms. The number of likely N-dealkylation sites (tertiary alicyclic amines) is 1. The molecule has 8 heteroatoms. The molecule has 1 aromatic carbocycles. The molecule has 0 unspecified atom stereocenters. The Labute approximate surface area is 175 Å². The zero-order chi connectivity index (χ0) is 21.6. The number of piperidine rings is 1. The van der Waals surface area contributed by atoms with E-state index in [0.717, 1.165) is 30.5 Å². The van der Waals surface area contributed by atoms with Crippen LogP contribution in [0.4, 0.5) is 0 Å². The summed E-state index contributed by atoms with van der Waals surface area (Å²) < 4.78 is 0. The maximum Gasteiger partial charge on any atom is 0.300 e.